The maximum absolute atomic E-state index is 12.7. The third-order valence-electron chi connectivity index (χ3n) is 4.23. The first-order chi connectivity index (χ1) is 14.7. The van der Waals surface area contributed by atoms with Crippen LogP contribution in [0.15, 0.2) is 47.0 Å². The van der Waals surface area contributed by atoms with E-state index in [9.17, 15) is 23.1 Å². The Labute approximate surface area is 174 Å². The molecular formula is C20H19F3N4O4. The topological polar surface area (TPSA) is 121 Å². The molecule has 31 heavy (non-hydrogen) atoms. The standard InChI is InChI=1S/C20H19F3N4O4/c1-11-17(12-2-4-13(5-3-12)20(21,22)23)31-19(26-11)27-14-6-7-16(24-8-14)18(30)25-9-15(29)10-28/h2-8,15,28-29H,9-10H2,1H3,(H,25,30)(H,26,27). The fourth-order valence-corrected chi connectivity index (χ4v) is 2.62. The minimum absolute atomic E-state index is 0.102. The van der Waals surface area contributed by atoms with E-state index in [-0.39, 0.29) is 18.3 Å². The van der Waals surface area contributed by atoms with Crippen molar-refractivity contribution in [3.8, 4) is 11.3 Å². The van der Waals surface area contributed by atoms with E-state index < -0.39 is 30.4 Å². The molecule has 0 bridgehead atoms. The van der Waals surface area contributed by atoms with Crippen molar-refractivity contribution in [2.24, 2.45) is 0 Å². The van der Waals surface area contributed by atoms with E-state index >= 15 is 0 Å². The van der Waals surface area contributed by atoms with E-state index in [1.165, 1.54) is 24.4 Å². The fourth-order valence-electron chi connectivity index (χ4n) is 2.62. The SMILES string of the molecule is Cc1nc(Nc2ccc(C(=O)NCC(O)CO)nc2)oc1-c1ccc(C(F)(F)F)cc1. The lowest BCUT2D eigenvalue weighted by Gasteiger charge is -2.09. The molecule has 0 saturated carbocycles. The number of aliphatic hydroxyl groups excluding tert-OH is 2. The van der Waals surface area contributed by atoms with Crippen LogP contribution in [0.1, 0.15) is 21.7 Å². The molecule has 4 N–H and O–H groups in total. The van der Waals surface area contributed by atoms with E-state index in [0.717, 1.165) is 12.1 Å². The molecule has 0 aliphatic carbocycles. The van der Waals surface area contributed by atoms with E-state index in [4.69, 9.17) is 9.52 Å². The molecule has 3 aromatic rings. The van der Waals surface area contributed by atoms with Crippen LogP contribution in [0.5, 0.6) is 0 Å². The second-order valence-corrected chi connectivity index (χ2v) is 6.61. The summed E-state index contributed by atoms with van der Waals surface area (Å²) in [5, 5.41) is 23.3. The van der Waals surface area contributed by atoms with Crippen molar-refractivity contribution in [3.63, 3.8) is 0 Å². The zero-order valence-electron chi connectivity index (χ0n) is 16.3. The van der Waals surface area contributed by atoms with Crippen LogP contribution < -0.4 is 10.6 Å². The molecule has 0 spiro atoms. The van der Waals surface area contributed by atoms with Gasteiger partial charge in [0.25, 0.3) is 11.9 Å². The summed E-state index contributed by atoms with van der Waals surface area (Å²) in [4.78, 5) is 20.2. The van der Waals surface area contributed by atoms with Crippen LogP contribution in [0.4, 0.5) is 24.9 Å². The lowest BCUT2D eigenvalue weighted by atomic mass is 10.1. The fraction of sp³-hybridized carbons (Fsp3) is 0.250. The van der Waals surface area contributed by atoms with E-state index in [1.54, 1.807) is 13.0 Å². The molecule has 164 valence electrons. The number of nitrogens with one attached hydrogen (secondary N) is 2. The van der Waals surface area contributed by atoms with Crippen molar-refractivity contribution in [1.82, 2.24) is 15.3 Å². The summed E-state index contributed by atoms with van der Waals surface area (Å²) >= 11 is 0. The summed E-state index contributed by atoms with van der Waals surface area (Å²) in [7, 11) is 0. The van der Waals surface area contributed by atoms with Gasteiger partial charge in [0.2, 0.25) is 0 Å². The molecule has 1 unspecified atom stereocenters. The highest BCUT2D eigenvalue weighted by molar-refractivity contribution is 5.92. The van der Waals surface area contributed by atoms with E-state index in [0.29, 0.717) is 22.7 Å². The number of aromatic nitrogens is 2. The largest absolute Gasteiger partial charge is 0.423 e. The predicted molar refractivity (Wildman–Crippen MR) is 105 cm³/mol. The van der Waals surface area contributed by atoms with Gasteiger partial charge in [-0.25, -0.2) is 4.98 Å². The van der Waals surface area contributed by atoms with Crippen LogP contribution in [0.25, 0.3) is 11.3 Å². The van der Waals surface area contributed by atoms with Gasteiger partial charge in [-0.2, -0.15) is 18.2 Å². The Morgan fingerprint density at radius 1 is 1.19 bits per heavy atom. The number of aliphatic hydroxyl groups is 2. The van der Waals surface area contributed by atoms with Gasteiger partial charge in [0, 0.05) is 12.1 Å². The number of nitrogens with zero attached hydrogens (tertiary/aromatic N) is 2. The summed E-state index contributed by atoms with van der Waals surface area (Å²) in [5.74, 6) is -0.196. The third-order valence-corrected chi connectivity index (χ3v) is 4.23. The third kappa shape index (κ3) is 5.58. The van der Waals surface area contributed by atoms with E-state index in [2.05, 4.69) is 20.6 Å². The Hall–Kier alpha value is -3.44. The monoisotopic (exact) mass is 436 g/mol. The Morgan fingerprint density at radius 2 is 1.90 bits per heavy atom. The second kappa shape index (κ2) is 9.14. The number of rotatable bonds is 7. The number of benzene rings is 1. The highest BCUT2D eigenvalue weighted by Gasteiger charge is 2.30. The molecule has 8 nitrogen and oxygen atoms in total. The van der Waals surface area contributed by atoms with Gasteiger partial charge in [-0.05, 0) is 31.2 Å². The van der Waals surface area contributed by atoms with Gasteiger partial charge < -0.3 is 25.3 Å². The van der Waals surface area contributed by atoms with Crippen LogP contribution in [-0.2, 0) is 6.18 Å². The number of hydrogen-bond acceptors (Lipinski definition) is 7. The van der Waals surface area contributed by atoms with Gasteiger partial charge in [-0.15, -0.1) is 0 Å². The molecule has 11 heteroatoms. The molecule has 0 aliphatic heterocycles. The van der Waals surface area contributed by atoms with Gasteiger partial charge in [0.1, 0.15) is 5.69 Å². The quantitative estimate of drug-likeness (QED) is 0.449. The van der Waals surface area contributed by atoms with Crippen molar-refractivity contribution in [1.29, 1.82) is 0 Å². The summed E-state index contributed by atoms with van der Waals surface area (Å²) in [6.45, 7) is 1.08. The average Bonchev–Trinajstić information content (AvgIpc) is 3.11. The first kappa shape index (κ1) is 22.2. The normalized spacial score (nSPS) is 12.5. The predicted octanol–water partition coefficient (Wildman–Crippen LogP) is 2.89. The van der Waals surface area contributed by atoms with Crippen LogP contribution in [0.2, 0.25) is 0 Å². The van der Waals surface area contributed by atoms with Crippen LogP contribution in [-0.4, -0.2) is 45.3 Å². The minimum Gasteiger partial charge on any atom is -0.423 e. The number of oxazole rings is 1. The van der Waals surface area contributed by atoms with Crippen molar-refractivity contribution in [2.75, 3.05) is 18.5 Å². The Bertz CT molecular complexity index is 1030. The van der Waals surface area contributed by atoms with Gasteiger partial charge >= 0.3 is 6.18 Å². The molecule has 1 aromatic carbocycles. The van der Waals surface area contributed by atoms with Crippen molar-refractivity contribution < 1.29 is 32.6 Å². The molecular weight excluding hydrogens is 417 g/mol. The van der Waals surface area contributed by atoms with Gasteiger partial charge in [-0.1, -0.05) is 12.1 Å². The number of amides is 1. The minimum atomic E-state index is -4.42. The molecule has 2 aromatic heterocycles. The molecule has 3 rings (SSSR count). The van der Waals surface area contributed by atoms with Gasteiger partial charge in [-0.3, -0.25) is 4.79 Å². The number of carbonyl (C=O) groups excluding carboxylic acids is 1. The first-order valence-corrected chi connectivity index (χ1v) is 9.12. The Kier molecular flexibility index (Phi) is 6.56. The molecule has 1 amide bonds. The van der Waals surface area contributed by atoms with Crippen LogP contribution in [0, 0.1) is 6.92 Å². The summed E-state index contributed by atoms with van der Waals surface area (Å²) < 4.78 is 43.8. The van der Waals surface area contributed by atoms with Crippen molar-refractivity contribution >= 4 is 17.6 Å². The number of aryl methyl sites for hydroxylation is 1. The average molecular weight is 436 g/mol. The highest BCUT2D eigenvalue weighted by atomic mass is 19.4. The highest BCUT2D eigenvalue weighted by Crippen LogP contribution is 2.33. The number of carbonyl (C=O) groups is 1. The van der Waals surface area contributed by atoms with E-state index in [1.807, 2.05) is 0 Å². The maximum Gasteiger partial charge on any atom is 0.416 e. The van der Waals surface area contributed by atoms with Crippen molar-refractivity contribution in [2.45, 2.75) is 19.2 Å². The number of pyridine rings is 1. The lowest BCUT2D eigenvalue weighted by molar-refractivity contribution is -0.137. The van der Waals surface area contributed by atoms with Crippen LogP contribution >= 0.6 is 0 Å². The first-order valence-electron chi connectivity index (χ1n) is 9.12. The van der Waals surface area contributed by atoms with Crippen molar-refractivity contribution in [3.05, 3.63) is 59.5 Å². The molecule has 0 aliphatic rings. The van der Waals surface area contributed by atoms with Gasteiger partial charge in [0.05, 0.1) is 35.9 Å². The Balaban J connectivity index is 1.68. The van der Waals surface area contributed by atoms with Gasteiger partial charge in [0.15, 0.2) is 5.76 Å². The molecule has 1 atom stereocenters. The molecule has 0 fully saturated rings. The molecule has 2 heterocycles. The zero-order chi connectivity index (χ0) is 22.6. The smallest absolute Gasteiger partial charge is 0.416 e. The number of alkyl halides is 3. The lowest BCUT2D eigenvalue weighted by Crippen LogP contribution is -2.34. The Morgan fingerprint density at radius 3 is 2.48 bits per heavy atom. The molecule has 0 radical (unpaired) electrons. The number of hydrogen-bond donors (Lipinski definition) is 4. The maximum atomic E-state index is 12.7. The van der Waals surface area contributed by atoms with Crippen LogP contribution in [0.3, 0.4) is 0 Å². The zero-order valence-corrected chi connectivity index (χ0v) is 16.3. The summed E-state index contributed by atoms with van der Waals surface area (Å²) in [5.41, 5.74) is 0.736. The number of anilines is 2. The second-order valence-electron chi connectivity index (χ2n) is 6.61. The summed E-state index contributed by atoms with van der Waals surface area (Å²) in [6.07, 6.45) is -4.11. The molecule has 0 saturated heterocycles. The number of halogens is 3. The summed E-state index contributed by atoms with van der Waals surface area (Å²) in [6, 6.07) is 7.66.